The van der Waals surface area contributed by atoms with Gasteiger partial charge < -0.3 is 5.32 Å². The fraction of sp³-hybridized carbons (Fsp3) is 1.00. The second-order valence-corrected chi connectivity index (χ2v) is 5.43. The zero-order valence-electron chi connectivity index (χ0n) is 8.39. The van der Waals surface area contributed by atoms with Crippen molar-refractivity contribution in [2.45, 2.75) is 31.1 Å². The molecule has 0 aromatic rings. The number of thioether (sulfide) groups is 1. The van der Waals surface area contributed by atoms with E-state index >= 15 is 0 Å². The highest BCUT2D eigenvalue weighted by Gasteiger charge is 2.19. The molecule has 0 aliphatic heterocycles. The molecule has 0 amide bonds. The van der Waals surface area contributed by atoms with E-state index in [9.17, 15) is 0 Å². The van der Waals surface area contributed by atoms with E-state index in [4.69, 9.17) is 11.6 Å². The summed E-state index contributed by atoms with van der Waals surface area (Å²) in [7, 11) is 0. The van der Waals surface area contributed by atoms with Gasteiger partial charge in [-0.25, -0.2) is 0 Å². The van der Waals surface area contributed by atoms with Gasteiger partial charge in [0.25, 0.3) is 0 Å². The van der Waals surface area contributed by atoms with Crippen LogP contribution in [0.2, 0.25) is 0 Å². The topological polar surface area (TPSA) is 12.0 Å². The molecule has 78 valence electrons. The maximum absolute atomic E-state index is 6.12. The first kappa shape index (κ1) is 11.7. The van der Waals surface area contributed by atoms with E-state index in [1.807, 2.05) is 11.8 Å². The summed E-state index contributed by atoms with van der Waals surface area (Å²) in [5.74, 6) is 2.05. The van der Waals surface area contributed by atoms with Crippen molar-refractivity contribution in [2.75, 3.05) is 25.1 Å². The molecule has 2 unspecified atom stereocenters. The monoisotopic (exact) mass is 221 g/mol. The van der Waals surface area contributed by atoms with Crippen molar-refractivity contribution in [3.63, 3.8) is 0 Å². The molecular formula is C10H20ClNS. The number of rotatable bonds is 5. The maximum Gasteiger partial charge on any atom is 0.0339 e. The third-order valence-electron chi connectivity index (χ3n) is 2.63. The van der Waals surface area contributed by atoms with Crippen molar-refractivity contribution < 1.29 is 0 Å². The molecule has 1 aliphatic rings. The average molecular weight is 222 g/mol. The molecule has 0 heterocycles. The highest BCUT2D eigenvalue weighted by Crippen LogP contribution is 2.27. The summed E-state index contributed by atoms with van der Waals surface area (Å²) < 4.78 is 0. The van der Waals surface area contributed by atoms with Gasteiger partial charge in [-0.15, -0.1) is 11.6 Å². The molecule has 0 saturated heterocycles. The Bertz CT molecular complexity index is 132. The number of alkyl halides is 1. The van der Waals surface area contributed by atoms with E-state index in [2.05, 4.69) is 11.6 Å². The van der Waals surface area contributed by atoms with Gasteiger partial charge in [-0.3, -0.25) is 0 Å². The van der Waals surface area contributed by atoms with Gasteiger partial charge >= 0.3 is 0 Å². The Labute approximate surface area is 91.0 Å². The zero-order valence-corrected chi connectivity index (χ0v) is 9.96. The molecule has 0 spiro atoms. The van der Waals surface area contributed by atoms with Crippen LogP contribution in [0, 0.1) is 5.92 Å². The Balaban J connectivity index is 2.00. The number of hydrogen-bond donors (Lipinski definition) is 1. The first-order valence-electron chi connectivity index (χ1n) is 5.16. The van der Waals surface area contributed by atoms with Crippen molar-refractivity contribution >= 4 is 23.4 Å². The van der Waals surface area contributed by atoms with E-state index in [0.29, 0.717) is 5.38 Å². The molecule has 1 saturated carbocycles. The minimum Gasteiger partial charge on any atom is -0.316 e. The summed E-state index contributed by atoms with van der Waals surface area (Å²) in [5, 5.41) is 3.94. The van der Waals surface area contributed by atoms with Gasteiger partial charge in [-0.1, -0.05) is 6.42 Å². The molecule has 1 N–H and O–H groups in total. The van der Waals surface area contributed by atoms with Crippen LogP contribution in [0.25, 0.3) is 0 Å². The molecule has 0 bridgehead atoms. The first-order valence-corrected chi connectivity index (χ1v) is 6.99. The van der Waals surface area contributed by atoms with Crippen LogP contribution in [-0.2, 0) is 0 Å². The summed E-state index contributed by atoms with van der Waals surface area (Å²) in [5.41, 5.74) is 0. The summed E-state index contributed by atoms with van der Waals surface area (Å²) in [4.78, 5) is 0. The Kier molecular flexibility index (Phi) is 6.26. The van der Waals surface area contributed by atoms with Crippen LogP contribution in [0.5, 0.6) is 0 Å². The number of hydrogen-bond acceptors (Lipinski definition) is 2. The van der Waals surface area contributed by atoms with Crippen LogP contribution in [-0.4, -0.2) is 30.5 Å². The van der Waals surface area contributed by atoms with Gasteiger partial charge in [0.1, 0.15) is 0 Å². The van der Waals surface area contributed by atoms with Crippen molar-refractivity contribution in [2.24, 2.45) is 5.92 Å². The lowest BCUT2D eigenvalue weighted by Crippen LogP contribution is -2.28. The van der Waals surface area contributed by atoms with Gasteiger partial charge in [0.15, 0.2) is 0 Å². The molecular weight excluding hydrogens is 202 g/mol. The lowest BCUT2D eigenvalue weighted by Gasteiger charge is -2.25. The van der Waals surface area contributed by atoms with Gasteiger partial charge in [-0.05, 0) is 38.0 Å². The Morgan fingerprint density at radius 3 is 3.00 bits per heavy atom. The summed E-state index contributed by atoms with van der Waals surface area (Å²) in [6.07, 6.45) is 7.28. The Hall–Kier alpha value is 0.600. The maximum atomic E-state index is 6.12. The minimum atomic E-state index is 0.445. The van der Waals surface area contributed by atoms with E-state index in [1.165, 1.54) is 38.0 Å². The van der Waals surface area contributed by atoms with Crippen LogP contribution in [0.1, 0.15) is 25.7 Å². The lowest BCUT2D eigenvalue weighted by molar-refractivity contribution is 0.349. The summed E-state index contributed by atoms with van der Waals surface area (Å²) in [6.45, 7) is 2.31. The standard InChI is InChI=1S/C10H20ClNS/c1-13-6-5-12-8-9-3-2-4-10(11)7-9/h9-10,12H,2-8H2,1H3. The molecule has 1 fully saturated rings. The van der Waals surface area contributed by atoms with Gasteiger partial charge in [0.2, 0.25) is 0 Å². The van der Waals surface area contributed by atoms with Crippen molar-refractivity contribution in [1.82, 2.24) is 5.32 Å². The molecule has 0 radical (unpaired) electrons. The van der Waals surface area contributed by atoms with Crippen LogP contribution < -0.4 is 5.32 Å². The molecule has 13 heavy (non-hydrogen) atoms. The SMILES string of the molecule is CSCCNCC1CCCC(Cl)C1. The number of halogens is 1. The lowest BCUT2D eigenvalue weighted by atomic mass is 9.89. The quantitative estimate of drug-likeness (QED) is 0.566. The van der Waals surface area contributed by atoms with Gasteiger partial charge in [0.05, 0.1) is 0 Å². The highest BCUT2D eigenvalue weighted by molar-refractivity contribution is 7.98. The smallest absolute Gasteiger partial charge is 0.0339 e. The van der Waals surface area contributed by atoms with Crippen molar-refractivity contribution in [3.8, 4) is 0 Å². The predicted octanol–water partition coefficient (Wildman–Crippen LogP) is 2.74. The van der Waals surface area contributed by atoms with Gasteiger partial charge in [-0.2, -0.15) is 11.8 Å². The molecule has 1 aliphatic carbocycles. The second-order valence-electron chi connectivity index (χ2n) is 3.83. The third-order valence-corrected chi connectivity index (χ3v) is 3.64. The molecule has 0 aromatic carbocycles. The fourth-order valence-electron chi connectivity index (χ4n) is 1.89. The second kappa shape index (κ2) is 6.97. The van der Waals surface area contributed by atoms with E-state index < -0.39 is 0 Å². The molecule has 0 aromatic heterocycles. The van der Waals surface area contributed by atoms with E-state index in [0.717, 1.165) is 12.5 Å². The molecule has 2 atom stereocenters. The van der Waals surface area contributed by atoms with Crippen LogP contribution in [0.4, 0.5) is 0 Å². The third kappa shape index (κ3) is 5.14. The van der Waals surface area contributed by atoms with E-state index in [-0.39, 0.29) is 0 Å². The zero-order chi connectivity index (χ0) is 9.52. The van der Waals surface area contributed by atoms with Crippen molar-refractivity contribution in [3.05, 3.63) is 0 Å². The average Bonchev–Trinajstić information content (AvgIpc) is 2.13. The molecule has 3 heteroatoms. The van der Waals surface area contributed by atoms with Crippen LogP contribution in [0.3, 0.4) is 0 Å². The molecule has 1 nitrogen and oxygen atoms in total. The Morgan fingerprint density at radius 1 is 1.46 bits per heavy atom. The highest BCUT2D eigenvalue weighted by atomic mass is 35.5. The number of nitrogens with one attached hydrogen (secondary N) is 1. The molecule has 1 rings (SSSR count). The largest absolute Gasteiger partial charge is 0.316 e. The van der Waals surface area contributed by atoms with E-state index in [1.54, 1.807) is 0 Å². The first-order chi connectivity index (χ1) is 6.33. The van der Waals surface area contributed by atoms with Crippen molar-refractivity contribution in [1.29, 1.82) is 0 Å². The Morgan fingerprint density at radius 2 is 2.31 bits per heavy atom. The normalized spacial score (nSPS) is 29.1. The van der Waals surface area contributed by atoms with Crippen LogP contribution >= 0.6 is 23.4 Å². The van der Waals surface area contributed by atoms with Gasteiger partial charge in [0, 0.05) is 17.7 Å². The minimum absolute atomic E-state index is 0.445. The fourth-order valence-corrected chi connectivity index (χ4v) is 2.65. The predicted molar refractivity (Wildman–Crippen MR) is 62.9 cm³/mol. The summed E-state index contributed by atoms with van der Waals surface area (Å²) in [6, 6.07) is 0. The summed E-state index contributed by atoms with van der Waals surface area (Å²) >= 11 is 8.02. The van der Waals surface area contributed by atoms with Crippen LogP contribution in [0.15, 0.2) is 0 Å².